The lowest BCUT2D eigenvalue weighted by Gasteiger charge is -2.17. The predicted octanol–water partition coefficient (Wildman–Crippen LogP) is 1.60. The molecule has 15 heavy (non-hydrogen) atoms. The molecule has 0 radical (unpaired) electrons. The van der Waals surface area contributed by atoms with Gasteiger partial charge in [-0.05, 0) is 24.1 Å². The third kappa shape index (κ3) is 2.67. The van der Waals surface area contributed by atoms with Gasteiger partial charge in [0.05, 0.1) is 13.2 Å². The van der Waals surface area contributed by atoms with Crippen molar-refractivity contribution in [1.82, 2.24) is 0 Å². The Kier molecular flexibility index (Phi) is 4.05. The minimum Gasteiger partial charge on any atom is -0.494 e. The van der Waals surface area contributed by atoms with Gasteiger partial charge >= 0.3 is 0 Å². The van der Waals surface area contributed by atoms with Crippen molar-refractivity contribution in [1.29, 1.82) is 0 Å². The Bertz CT molecular complexity index is 330. The van der Waals surface area contributed by atoms with E-state index in [9.17, 15) is 9.50 Å². The van der Waals surface area contributed by atoms with Gasteiger partial charge < -0.3 is 15.6 Å². The molecule has 4 heteroatoms. The van der Waals surface area contributed by atoms with Crippen LogP contribution in [0.5, 0.6) is 5.75 Å². The van der Waals surface area contributed by atoms with Crippen LogP contribution in [0.3, 0.4) is 0 Å². The second kappa shape index (κ2) is 5.09. The van der Waals surface area contributed by atoms with Crippen LogP contribution in [0.2, 0.25) is 0 Å². The van der Waals surface area contributed by atoms with Crippen molar-refractivity contribution in [2.45, 2.75) is 25.5 Å². The van der Waals surface area contributed by atoms with Gasteiger partial charge in [0, 0.05) is 6.04 Å². The second-order valence-electron chi connectivity index (χ2n) is 3.41. The number of methoxy groups -OCH3 is 1. The van der Waals surface area contributed by atoms with Gasteiger partial charge in [-0.2, -0.15) is 0 Å². The lowest BCUT2D eigenvalue weighted by atomic mass is 10.0. The number of hydrogen-bond donors (Lipinski definition) is 2. The first-order chi connectivity index (χ1) is 7.10. The first-order valence-electron chi connectivity index (χ1n) is 4.87. The Morgan fingerprint density at radius 2 is 2.20 bits per heavy atom. The summed E-state index contributed by atoms with van der Waals surface area (Å²) >= 11 is 0. The van der Waals surface area contributed by atoms with Crippen LogP contribution < -0.4 is 10.5 Å². The molecule has 0 bridgehead atoms. The Morgan fingerprint density at radius 1 is 1.53 bits per heavy atom. The number of benzene rings is 1. The number of hydrogen-bond acceptors (Lipinski definition) is 3. The van der Waals surface area contributed by atoms with Crippen molar-refractivity contribution in [3.63, 3.8) is 0 Å². The Hall–Kier alpha value is -1.13. The van der Waals surface area contributed by atoms with E-state index in [1.807, 2.05) is 6.92 Å². The molecule has 3 nitrogen and oxygen atoms in total. The summed E-state index contributed by atoms with van der Waals surface area (Å²) in [4.78, 5) is 0. The molecule has 2 unspecified atom stereocenters. The molecule has 1 aromatic rings. The van der Waals surface area contributed by atoms with Crippen LogP contribution in [0, 0.1) is 5.82 Å². The van der Waals surface area contributed by atoms with Crippen LogP contribution >= 0.6 is 0 Å². The fraction of sp³-hybridized carbons (Fsp3) is 0.455. The van der Waals surface area contributed by atoms with E-state index >= 15 is 0 Å². The summed E-state index contributed by atoms with van der Waals surface area (Å²) in [5.41, 5.74) is 6.14. The fourth-order valence-electron chi connectivity index (χ4n) is 1.34. The molecule has 0 saturated heterocycles. The first-order valence-corrected chi connectivity index (χ1v) is 4.87. The molecule has 0 spiro atoms. The molecule has 0 saturated carbocycles. The zero-order chi connectivity index (χ0) is 11.4. The zero-order valence-electron chi connectivity index (χ0n) is 8.90. The molecule has 0 aromatic heterocycles. The van der Waals surface area contributed by atoms with E-state index in [2.05, 4.69) is 0 Å². The predicted molar refractivity (Wildman–Crippen MR) is 56.2 cm³/mol. The molecule has 0 aliphatic rings. The maximum absolute atomic E-state index is 13.3. The molecule has 0 amide bonds. The summed E-state index contributed by atoms with van der Waals surface area (Å²) in [5, 5.41) is 9.74. The average molecular weight is 213 g/mol. The van der Waals surface area contributed by atoms with Crippen molar-refractivity contribution in [2.24, 2.45) is 5.73 Å². The van der Waals surface area contributed by atoms with Gasteiger partial charge in [0.2, 0.25) is 0 Å². The molecular weight excluding hydrogens is 197 g/mol. The van der Waals surface area contributed by atoms with Gasteiger partial charge in [0.1, 0.15) is 0 Å². The van der Waals surface area contributed by atoms with E-state index in [-0.39, 0.29) is 11.8 Å². The van der Waals surface area contributed by atoms with Crippen LogP contribution in [0.25, 0.3) is 0 Å². The van der Waals surface area contributed by atoms with Crippen LogP contribution in [-0.4, -0.2) is 18.3 Å². The standard InChI is InChI=1S/C11H16FNO2/c1-3-9(13)11(14)7-4-5-10(15-2)8(12)6-7/h4-6,9,11,14H,3,13H2,1-2H3. The molecule has 0 aliphatic carbocycles. The molecule has 84 valence electrons. The average Bonchev–Trinajstić information content (AvgIpc) is 2.26. The van der Waals surface area contributed by atoms with Gasteiger partial charge in [-0.1, -0.05) is 13.0 Å². The van der Waals surface area contributed by atoms with Gasteiger partial charge in [-0.15, -0.1) is 0 Å². The number of aliphatic hydroxyl groups is 1. The number of aliphatic hydroxyl groups excluding tert-OH is 1. The minimum atomic E-state index is -0.838. The normalized spacial score (nSPS) is 14.7. The summed E-state index contributed by atoms with van der Waals surface area (Å²) in [6.45, 7) is 1.87. The highest BCUT2D eigenvalue weighted by molar-refractivity contribution is 5.30. The summed E-state index contributed by atoms with van der Waals surface area (Å²) in [6.07, 6.45) is -0.204. The molecule has 0 aliphatic heterocycles. The summed E-state index contributed by atoms with van der Waals surface area (Å²) < 4.78 is 18.1. The number of nitrogens with two attached hydrogens (primary N) is 1. The highest BCUT2D eigenvalue weighted by Gasteiger charge is 2.16. The first kappa shape index (κ1) is 11.9. The van der Waals surface area contributed by atoms with Crippen molar-refractivity contribution in [2.75, 3.05) is 7.11 Å². The summed E-state index contributed by atoms with van der Waals surface area (Å²) in [6, 6.07) is 3.97. The van der Waals surface area contributed by atoms with E-state index in [1.165, 1.54) is 19.2 Å². The molecule has 1 aromatic carbocycles. The van der Waals surface area contributed by atoms with Crippen LogP contribution in [0.15, 0.2) is 18.2 Å². The lowest BCUT2D eigenvalue weighted by Crippen LogP contribution is -2.27. The van der Waals surface area contributed by atoms with E-state index in [0.29, 0.717) is 12.0 Å². The smallest absolute Gasteiger partial charge is 0.165 e. The highest BCUT2D eigenvalue weighted by atomic mass is 19.1. The Morgan fingerprint density at radius 3 is 2.67 bits per heavy atom. The van der Waals surface area contributed by atoms with Gasteiger partial charge in [0.25, 0.3) is 0 Å². The van der Waals surface area contributed by atoms with E-state index < -0.39 is 11.9 Å². The molecule has 3 N–H and O–H groups in total. The maximum atomic E-state index is 13.3. The van der Waals surface area contributed by atoms with Crippen molar-refractivity contribution < 1.29 is 14.2 Å². The molecule has 0 fully saturated rings. The third-order valence-electron chi connectivity index (χ3n) is 2.39. The molecule has 1 rings (SSSR count). The summed E-state index contributed by atoms with van der Waals surface area (Å²) in [5.74, 6) is -0.326. The monoisotopic (exact) mass is 213 g/mol. The largest absolute Gasteiger partial charge is 0.494 e. The number of halogens is 1. The quantitative estimate of drug-likeness (QED) is 0.798. The fourth-order valence-corrected chi connectivity index (χ4v) is 1.34. The SMILES string of the molecule is CCC(N)C(O)c1ccc(OC)c(F)c1. The number of ether oxygens (including phenoxy) is 1. The van der Waals surface area contributed by atoms with Crippen LogP contribution in [0.1, 0.15) is 25.0 Å². The Labute approximate surface area is 88.7 Å². The van der Waals surface area contributed by atoms with E-state index in [0.717, 1.165) is 0 Å². The van der Waals surface area contributed by atoms with Crippen LogP contribution in [-0.2, 0) is 0 Å². The number of rotatable bonds is 4. The lowest BCUT2D eigenvalue weighted by molar-refractivity contribution is 0.144. The second-order valence-corrected chi connectivity index (χ2v) is 3.41. The molecule has 2 atom stereocenters. The topological polar surface area (TPSA) is 55.5 Å². The van der Waals surface area contributed by atoms with Gasteiger partial charge in [0.15, 0.2) is 11.6 Å². The highest BCUT2D eigenvalue weighted by Crippen LogP contribution is 2.23. The van der Waals surface area contributed by atoms with E-state index in [4.69, 9.17) is 10.5 Å². The third-order valence-corrected chi connectivity index (χ3v) is 2.39. The molecular formula is C11H16FNO2. The van der Waals surface area contributed by atoms with Crippen molar-refractivity contribution >= 4 is 0 Å². The van der Waals surface area contributed by atoms with Gasteiger partial charge in [-0.25, -0.2) is 4.39 Å². The van der Waals surface area contributed by atoms with Crippen LogP contribution in [0.4, 0.5) is 4.39 Å². The summed E-state index contributed by atoms with van der Waals surface area (Å²) in [7, 11) is 1.40. The van der Waals surface area contributed by atoms with Crippen molar-refractivity contribution in [3.05, 3.63) is 29.6 Å². The molecule has 0 heterocycles. The minimum absolute atomic E-state index is 0.163. The van der Waals surface area contributed by atoms with Gasteiger partial charge in [-0.3, -0.25) is 0 Å². The van der Waals surface area contributed by atoms with Crippen molar-refractivity contribution in [3.8, 4) is 5.75 Å². The Balaban J connectivity index is 2.92. The maximum Gasteiger partial charge on any atom is 0.165 e. The zero-order valence-corrected chi connectivity index (χ0v) is 8.90. The van der Waals surface area contributed by atoms with E-state index in [1.54, 1.807) is 6.07 Å².